The summed E-state index contributed by atoms with van der Waals surface area (Å²) in [7, 11) is 0. The lowest BCUT2D eigenvalue weighted by Crippen LogP contribution is -2.31. The summed E-state index contributed by atoms with van der Waals surface area (Å²) in [6.45, 7) is 3.98. The number of pyridine rings is 1. The summed E-state index contributed by atoms with van der Waals surface area (Å²) in [5.74, 6) is -1.05. The van der Waals surface area contributed by atoms with E-state index in [1.807, 2.05) is 19.2 Å². The second-order valence-corrected chi connectivity index (χ2v) is 5.43. The van der Waals surface area contributed by atoms with Gasteiger partial charge in [0.2, 0.25) is 5.82 Å². The molecule has 0 amide bonds. The van der Waals surface area contributed by atoms with Crippen molar-refractivity contribution >= 4 is 0 Å². The van der Waals surface area contributed by atoms with Crippen LogP contribution in [0.2, 0.25) is 0 Å². The van der Waals surface area contributed by atoms with Crippen LogP contribution in [0, 0.1) is 6.92 Å². The molecule has 0 bridgehead atoms. The van der Waals surface area contributed by atoms with Crippen molar-refractivity contribution in [2.75, 3.05) is 6.54 Å². The molecule has 0 saturated heterocycles. The van der Waals surface area contributed by atoms with E-state index in [9.17, 15) is 13.2 Å². The van der Waals surface area contributed by atoms with E-state index in [2.05, 4.69) is 19.9 Å². The molecule has 22 heavy (non-hydrogen) atoms. The number of fused-ring (bicyclic) bond motifs is 1. The summed E-state index contributed by atoms with van der Waals surface area (Å²) >= 11 is 0. The van der Waals surface area contributed by atoms with E-state index < -0.39 is 12.0 Å². The number of aromatic nitrogens is 3. The summed E-state index contributed by atoms with van der Waals surface area (Å²) in [5.41, 5.74) is 3.55. The molecule has 0 fully saturated rings. The van der Waals surface area contributed by atoms with Gasteiger partial charge >= 0.3 is 6.18 Å². The smallest absolute Gasteiger partial charge is 0.294 e. The van der Waals surface area contributed by atoms with Gasteiger partial charge in [0.1, 0.15) is 0 Å². The molecular weight excluding hydrogens is 293 g/mol. The van der Waals surface area contributed by atoms with E-state index in [4.69, 9.17) is 0 Å². The van der Waals surface area contributed by atoms with Crippen LogP contribution in [0.3, 0.4) is 0 Å². The molecule has 0 aromatic carbocycles. The van der Waals surface area contributed by atoms with E-state index in [0.29, 0.717) is 25.2 Å². The minimum absolute atomic E-state index is 0.500. The maximum atomic E-state index is 12.6. The van der Waals surface area contributed by atoms with Gasteiger partial charge in [0.05, 0.1) is 5.69 Å². The Hall–Kier alpha value is -2.02. The zero-order valence-electron chi connectivity index (χ0n) is 12.1. The van der Waals surface area contributed by atoms with Crippen LogP contribution in [0.1, 0.15) is 28.2 Å². The zero-order valence-corrected chi connectivity index (χ0v) is 12.1. The maximum Gasteiger partial charge on any atom is 0.451 e. The fourth-order valence-electron chi connectivity index (χ4n) is 2.55. The Labute approximate surface area is 126 Å². The Bertz CT molecular complexity index is 685. The van der Waals surface area contributed by atoms with E-state index in [1.165, 1.54) is 6.20 Å². The van der Waals surface area contributed by atoms with Gasteiger partial charge in [-0.2, -0.15) is 13.2 Å². The highest BCUT2D eigenvalue weighted by atomic mass is 19.4. The second kappa shape index (κ2) is 5.64. The van der Waals surface area contributed by atoms with E-state index in [1.54, 1.807) is 6.20 Å². The van der Waals surface area contributed by atoms with Gasteiger partial charge in [0, 0.05) is 50.2 Å². The molecule has 0 atom stereocenters. The third-order valence-corrected chi connectivity index (χ3v) is 3.81. The zero-order chi connectivity index (χ0) is 15.7. The lowest BCUT2D eigenvalue weighted by Gasteiger charge is -2.28. The van der Waals surface area contributed by atoms with Crippen LogP contribution in [-0.2, 0) is 25.7 Å². The van der Waals surface area contributed by atoms with Gasteiger partial charge in [-0.15, -0.1) is 0 Å². The van der Waals surface area contributed by atoms with E-state index in [0.717, 1.165) is 23.2 Å². The standard InChI is InChI=1S/C15H15F3N4/c1-10-2-4-19-6-11(10)8-22-5-3-13-12(9-22)7-20-14(21-13)15(16,17)18/h2,4,6-7H,3,5,8-9H2,1H3. The number of halogens is 3. The maximum absolute atomic E-state index is 12.6. The van der Waals surface area contributed by atoms with Gasteiger partial charge in [0.25, 0.3) is 0 Å². The Morgan fingerprint density at radius 1 is 1.27 bits per heavy atom. The van der Waals surface area contributed by atoms with Crippen LogP contribution in [0.15, 0.2) is 24.7 Å². The molecule has 0 spiro atoms. The summed E-state index contributed by atoms with van der Waals surface area (Å²) in [6, 6.07) is 1.95. The van der Waals surface area contributed by atoms with Gasteiger partial charge < -0.3 is 0 Å². The Kier molecular flexibility index (Phi) is 3.82. The van der Waals surface area contributed by atoms with Crippen molar-refractivity contribution in [1.82, 2.24) is 19.9 Å². The predicted octanol–water partition coefficient (Wildman–Crippen LogP) is 2.76. The normalized spacial score (nSPS) is 15.6. The molecule has 4 nitrogen and oxygen atoms in total. The number of hydrogen-bond acceptors (Lipinski definition) is 4. The fourth-order valence-corrected chi connectivity index (χ4v) is 2.55. The Morgan fingerprint density at radius 3 is 2.82 bits per heavy atom. The fraction of sp³-hybridized carbons (Fsp3) is 0.400. The number of aryl methyl sites for hydroxylation is 1. The highest BCUT2D eigenvalue weighted by Crippen LogP contribution is 2.28. The van der Waals surface area contributed by atoms with Crippen molar-refractivity contribution < 1.29 is 13.2 Å². The number of hydrogen-bond donors (Lipinski definition) is 0. The first kappa shape index (κ1) is 14.9. The highest BCUT2D eigenvalue weighted by Gasteiger charge is 2.35. The van der Waals surface area contributed by atoms with Crippen LogP contribution < -0.4 is 0 Å². The summed E-state index contributed by atoms with van der Waals surface area (Å²) in [5, 5.41) is 0. The van der Waals surface area contributed by atoms with Crippen molar-refractivity contribution in [2.24, 2.45) is 0 Å². The molecule has 0 N–H and O–H groups in total. The summed E-state index contributed by atoms with van der Waals surface area (Å²) in [6.07, 6.45) is 0.886. The van der Waals surface area contributed by atoms with Crippen molar-refractivity contribution in [3.8, 4) is 0 Å². The molecule has 0 aliphatic carbocycles. The van der Waals surface area contributed by atoms with Crippen LogP contribution in [0.25, 0.3) is 0 Å². The van der Waals surface area contributed by atoms with E-state index in [-0.39, 0.29) is 0 Å². The third kappa shape index (κ3) is 3.09. The largest absolute Gasteiger partial charge is 0.451 e. The van der Waals surface area contributed by atoms with Gasteiger partial charge in [0.15, 0.2) is 0 Å². The summed E-state index contributed by atoms with van der Waals surface area (Å²) in [4.78, 5) is 13.4. The molecule has 0 saturated carbocycles. The monoisotopic (exact) mass is 308 g/mol. The van der Waals surface area contributed by atoms with Crippen molar-refractivity contribution in [3.05, 3.63) is 52.9 Å². The van der Waals surface area contributed by atoms with Crippen LogP contribution in [0.4, 0.5) is 13.2 Å². The van der Waals surface area contributed by atoms with Crippen LogP contribution >= 0.6 is 0 Å². The number of nitrogens with zero attached hydrogens (tertiary/aromatic N) is 4. The molecule has 2 aromatic rings. The molecule has 0 unspecified atom stereocenters. The Morgan fingerprint density at radius 2 is 2.09 bits per heavy atom. The molecule has 1 aliphatic rings. The number of rotatable bonds is 2. The molecule has 7 heteroatoms. The highest BCUT2D eigenvalue weighted by molar-refractivity contribution is 5.24. The quantitative estimate of drug-likeness (QED) is 0.855. The first-order valence-electron chi connectivity index (χ1n) is 6.97. The summed E-state index contributed by atoms with van der Waals surface area (Å²) < 4.78 is 37.9. The molecule has 3 heterocycles. The van der Waals surface area contributed by atoms with Crippen molar-refractivity contribution in [3.63, 3.8) is 0 Å². The first-order chi connectivity index (χ1) is 10.4. The van der Waals surface area contributed by atoms with Crippen molar-refractivity contribution in [2.45, 2.75) is 32.6 Å². The topological polar surface area (TPSA) is 41.9 Å². The molecule has 2 aromatic heterocycles. The van der Waals surface area contributed by atoms with Crippen molar-refractivity contribution in [1.29, 1.82) is 0 Å². The van der Waals surface area contributed by atoms with Gasteiger partial charge in [-0.1, -0.05) is 0 Å². The first-order valence-corrected chi connectivity index (χ1v) is 6.97. The Balaban J connectivity index is 1.76. The minimum Gasteiger partial charge on any atom is -0.294 e. The van der Waals surface area contributed by atoms with Gasteiger partial charge in [-0.05, 0) is 24.1 Å². The van der Waals surface area contributed by atoms with E-state index >= 15 is 0 Å². The third-order valence-electron chi connectivity index (χ3n) is 3.81. The molecular formula is C15H15F3N4. The second-order valence-electron chi connectivity index (χ2n) is 5.43. The predicted molar refractivity (Wildman–Crippen MR) is 73.8 cm³/mol. The van der Waals surface area contributed by atoms with Crippen LogP contribution in [-0.4, -0.2) is 26.4 Å². The minimum atomic E-state index is -4.49. The van der Waals surface area contributed by atoms with Crippen LogP contribution in [0.5, 0.6) is 0 Å². The number of alkyl halides is 3. The molecule has 0 radical (unpaired) electrons. The van der Waals surface area contributed by atoms with Gasteiger partial charge in [-0.25, -0.2) is 9.97 Å². The average Bonchev–Trinajstić information content (AvgIpc) is 2.48. The average molecular weight is 308 g/mol. The molecule has 116 valence electrons. The SMILES string of the molecule is Cc1ccncc1CN1CCc2nc(C(F)(F)F)ncc2C1. The lowest BCUT2D eigenvalue weighted by atomic mass is 10.1. The lowest BCUT2D eigenvalue weighted by molar-refractivity contribution is -0.145. The molecule has 1 aliphatic heterocycles. The molecule has 3 rings (SSSR count). The van der Waals surface area contributed by atoms with Gasteiger partial charge in [-0.3, -0.25) is 9.88 Å².